The first kappa shape index (κ1) is 29.9. The van der Waals surface area contributed by atoms with E-state index in [9.17, 15) is 24.3 Å². The van der Waals surface area contributed by atoms with Crippen LogP contribution in [0.25, 0.3) is 0 Å². The van der Waals surface area contributed by atoms with Crippen LogP contribution >= 0.6 is 0 Å². The van der Waals surface area contributed by atoms with Crippen LogP contribution in [-0.2, 0) is 43.5 Å². The number of rotatable bonds is 9. The van der Waals surface area contributed by atoms with Gasteiger partial charge >= 0.3 is 17.9 Å². The second-order valence-corrected chi connectivity index (χ2v) is 9.88. The number of aromatic hydroxyl groups is 1. The van der Waals surface area contributed by atoms with Crippen LogP contribution in [0.15, 0.2) is 18.2 Å². The number of benzene rings is 1. The Balaban J connectivity index is 2.54. The number of ether oxygens (including phenoxy) is 5. The Morgan fingerprint density at radius 3 is 2.16 bits per heavy atom. The fourth-order valence-corrected chi connectivity index (χ4v) is 3.97. The van der Waals surface area contributed by atoms with E-state index >= 15 is 0 Å². The van der Waals surface area contributed by atoms with Crippen LogP contribution in [-0.4, -0.2) is 66.2 Å². The van der Waals surface area contributed by atoms with Gasteiger partial charge in [0.25, 0.3) is 0 Å². The number of nitrogens with one attached hydrogen (secondary N) is 1. The number of esters is 3. The fourth-order valence-electron chi connectivity index (χ4n) is 3.97. The lowest BCUT2D eigenvalue weighted by atomic mass is 9.86. The van der Waals surface area contributed by atoms with Crippen molar-refractivity contribution in [2.24, 2.45) is 0 Å². The van der Waals surface area contributed by atoms with Crippen molar-refractivity contribution in [1.29, 1.82) is 0 Å². The average molecular weight is 524 g/mol. The molecule has 1 saturated heterocycles. The van der Waals surface area contributed by atoms with Gasteiger partial charge in [0.1, 0.15) is 30.3 Å². The lowest BCUT2D eigenvalue weighted by Gasteiger charge is -2.45. The quantitative estimate of drug-likeness (QED) is 0.365. The summed E-state index contributed by atoms with van der Waals surface area (Å²) in [5, 5.41) is 13.1. The molecule has 1 heterocycles. The van der Waals surface area contributed by atoms with Gasteiger partial charge in [-0.05, 0) is 30.0 Å². The molecule has 0 saturated carbocycles. The van der Waals surface area contributed by atoms with Gasteiger partial charge in [0.15, 0.2) is 12.2 Å². The minimum Gasteiger partial charge on any atom is -0.508 e. The highest BCUT2D eigenvalue weighted by atomic mass is 16.7. The SMILES string of the molecule is CCCC(=O)N[C@H]1[C@H](Oc2ccc(O)c(C(C)(C)C)c2)O[C@H](COC(C)=O)[C@@H](OC(C)=O)[C@@H]1OC(C)=O. The van der Waals surface area contributed by atoms with Crippen molar-refractivity contribution >= 4 is 23.8 Å². The van der Waals surface area contributed by atoms with E-state index in [1.165, 1.54) is 32.9 Å². The first-order chi connectivity index (χ1) is 17.2. The van der Waals surface area contributed by atoms with E-state index in [4.69, 9.17) is 23.7 Å². The molecule has 11 nitrogen and oxygen atoms in total. The van der Waals surface area contributed by atoms with Crippen LogP contribution in [0.3, 0.4) is 0 Å². The van der Waals surface area contributed by atoms with Crippen LogP contribution in [0, 0.1) is 0 Å². The molecule has 0 aromatic heterocycles. The topological polar surface area (TPSA) is 147 Å². The summed E-state index contributed by atoms with van der Waals surface area (Å²) in [5.74, 6) is -1.95. The van der Waals surface area contributed by atoms with Crippen molar-refractivity contribution in [2.45, 2.75) is 97.4 Å². The summed E-state index contributed by atoms with van der Waals surface area (Å²) < 4.78 is 28.2. The van der Waals surface area contributed by atoms with E-state index in [0.717, 1.165) is 0 Å². The Kier molecular flexibility index (Phi) is 10.3. The van der Waals surface area contributed by atoms with E-state index in [1.807, 2.05) is 27.7 Å². The van der Waals surface area contributed by atoms with Gasteiger partial charge in [-0.15, -0.1) is 0 Å². The van der Waals surface area contributed by atoms with E-state index in [0.29, 0.717) is 17.7 Å². The average Bonchev–Trinajstić information content (AvgIpc) is 2.76. The molecule has 206 valence electrons. The predicted molar refractivity (Wildman–Crippen MR) is 131 cm³/mol. The minimum atomic E-state index is -1.24. The Labute approximate surface area is 216 Å². The van der Waals surface area contributed by atoms with E-state index in [1.54, 1.807) is 6.07 Å². The number of amides is 1. The van der Waals surface area contributed by atoms with Gasteiger partial charge in [0, 0.05) is 32.8 Å². The third-order valence-electron chi connectivity index (χ3n) is 5.53. The van der Waals surface area contributed by atoms with E-state index in [-0.39, 0.29) is 24.7 Å². The van der Waals surface area contributed by atoms with Gasteiger partial charge < -0.3 is 34.1 Å². The monoisotopic (exact) mass is 523 g/mol. The van der Waals surface area contributed by atoms with Gasteiger partial charge in [-0.2, -0.15) is 0 Å². The van der Waals surface area contributed by atoms with Crippen molar-refractivity contribution in [2.75, 3.05) is 6.61 Å². The minimum absolute atomic E-state index is 0.0812. The van der Waals surface area contributed by atoms with Gasteiger partial charge in [0.05, 0.1) is 0 Å². The van der Waals surface area contributed by atoms with Crippen LogP contribution in [0.4, 0.5) is 0 Å². The molecule has 0 bridgehead atoms. The van der Waals surface area contributed by atoms with Crippen molar-refractivity contribution < 1.29 is 48.0 Å². The zero-order chi connectivity index (χ0) is 27.9. The van der Waals surface area contributed by atoms with Gasteiger partial charge in [-0.1, -0.05) is 27.7 Å². The van der Waals surface area contributed by atoms with Crippen molar-refractivity contribution in [1.82, 2.24) is 5.32 Å². The van der Waals surface area contributed by atoms with Crippen LogP contribution in [0.2, 0.25) is 0 Å². The Morgan fingerprint density at radius 2 is 1.62 bits per heavy atom. The second-order valence-electron chi connectivity index (χ2n) is 9.88. The molecule has 0 aliphatic carbocycles. The third-order valence-corrected chi connectivity index (χ3v) is 5.53. The summed E-state index contributed by atoms with van der Waals surface area (Å²) in [4.78, 5) is 48.1. The van der Waals surface area contributed by atoms with Gasteiger partial charge in [-0.25, -0.2) is 0 Å². The molecule has 1 aromatic rings. The van der Waals surface area contributed by atoms with E-state index < -0.39 is 54.0 Å². The summed E-state index contributed by atoms with van der Waals surface area (Å²) in [6.07, 6.45) is -4.02. The molecule has 0 spiro atoms. The number of hydrogen-bond acceptors (Lipinski definition) is 10. The van der Waals surface area contributed by atoms with Crippen LogP contribution in [0.1, 0.15) is 66.9 Å². The lowest BCUT2D eigenvalue weighted by molar-refractivity contribution is -0.257. The number of phenols is 1. The number of phenolic OH excluding ortho intramolecular Hbond substituents is 1. The molecular weight excluding hydrogens is 486 g/mol. The van der Waals surface area contributed by atoms with Gasteiger partial charge in [0.2, 0.25) is 12.2 Å². The largest absolute Gasteiger partial charge is 0.508 e. The zero-order valence-electron chi connectivity index (χ0n) is 22.4. The highest BCUT2D eigenvalue weighted by molar-refractivity contribution is 5.76. The Bertz CT molecular complexity index is 986. The van der Waals surface area contributed by atoms with Crippen molar-refractivity contribution in [3.05, 3.63) is 23.8 Å². The maximum absolute atomic E-state index is 12.6. The first-order valence-electron chi connectivity index (χ1n) is 12.2. The molecule has 2 N–H and O–H groups in total. The molecule has 0 unspecified atom stereocenters. The molecule has 1 aliphatic rings. The standard InChI is InChI=1S/C26H37NO10/c1-8-9-21(32)27-22-24(35-16(4)30)23(34-15(3)29)20(13-33-14(2)28)37-25(22)36-17-10-11-19(31)18(12-17)26(5,6)7/h10-12,20,22-25,31H,8-9,13H2,1-7H3,(H,27,32)/t20-,22-,23-,24-,25-/m1/s1. The molecule has 1 fully saturated rings. The fraction of sp³-hybridized carbons (Fsp3) is 0.615. The molecule has 1 aliphatic heterocycles. The number of carbonyl (C=O) groups excluding carboxylic acids is 4. The van der Waals surface area contributed by atoms with Crippen LogP contribution in [0.5, 0.6) is 11.5 Å². The predicted octanol–water partition coefficient (Wildman–Crippen LogP) is 2.50. The van der Waals surface area contributed by atoms with Crippen molar-refractivity contribution in [3.8, 4) is 11.5 Å². The van der Waals surface area contributed by atoms with Gasteiger partial charge in [-0.3, -0.25) is 19.2 Å². The molecule has 0 radical (unpaired) electrons. The summed E-state index contributed by atoms with van der Waals surface area (Å²) >= 11 is 0. The highest BCUT2D eigenvalue weighted by Gasteiger charge is 2.52. The number of carbonyl (C=O) groups is 4. The zero-order valence-corrected chi connectivity index (χ0v) is 22.4. The Morgan fingerprint density at radius 1 is 1.00 bits per heavy atom. The summed E-state index contributed by atoms with van der Waals surface area (Å²) in [7, 11) is 0. The highest BCUT2D eigenvalue weighted by Crippen LogP contribution is 2.35. The molecule has 1 aromatic carbocycles. The Hall–Kier alpha value is -3.34. The summed E-state index contributed by atoms with van der Waals surface area (Å²) in [6.45, 7) is 10.8. The molecule has 37 heavy (non-hydrogen) atoms. The summed E-state index contributed by atoms with van der Waals surface area (Å²) in [5.41, 5.74) is 0.197. The molecule has 5 atom stereocenters. The third kappa shape index (κ3) is 8.63. The number of hydrogen-bond donors (Lipinski definition) is 2. The lowest BCUT2D eigenvalue weighted by Crippen LogP contribution is -2.67. The first-order valence-corrected chi connectivity index (χ1v) is 12.2. The molecule has 11 heteroatoms. The molecule has 2 rings (SSSR count). The molecular formula is C26H37NO10. The second kappa shape index (κ2) is 12.8. The molecule has 1 amide bonds. The summed E-state index contributed by atoms with van der Waals surface area (Å²) in [6, 6.07) is 3.56. The maximum Gasteiger partial charge on any atom is 0.303 e. The smallest absolute Gasteiger partial charge is 0.303 e. The van der Waals surface area contributed by atoms with E-state index in [2.05, 4.69) is 5.32 Å². The normalized spacial score (nSPS) is 23.5. The van der Waals surface area contributed by atoms with Crippen molar-refractivity contribution in [3.63, 3.8) is 0 Å². The maximum atomic E-state index is 12.6. The van der Waals surface area contributed by atoms with Crippen LogP contribution < -0.4 is 10.1 Å².